The number of carbonyl (C=O) groups excluding carboxylic acids is 2. The molecule has 1 aliphatic rings. The van der Waals surface area contributed by atoms with Crippen molar-refractivity contribution in [3.63, 3.8) is 0 Å². The Labute approximate surface area is 153 Å². The smallest absolute Gasteiger partial charge is 0.251 e. The summed E-state index contributed by atoms with van der Waals surface area (Å²) in [6.45, 7) is 3.65. The normalized spacial score (nSPS) is 19.1. The molecule has 0 spiro atoms. The molecule has 0 bridgehead atoms. The summed E-state index contributed by atoms with van der Waals surface area (Å²) in [6, 6.07) is 16.7. The summed E-state index contributed by atoms with van der Waals surface area (Å²) >= 11 is 0. The summed E-state index contributed by atoms with van der Waals surface area (Å²) in [6.07, 6.45) is 0.812. The largest absolute Gasteiger partial charge is 0.376 e. The van der Waals surface area contributed by atoms with Gasteiger partial charge in [0.15, 0.2) is 0 Å². The van der Waals surface area contributed by atoms with Crippen molar-refractivity contribution in [1.29, 1.82) is 0 Å². The first-order chi connectivity index (χ1) is 12.6. The Hall–Kier alpha value is -2.66. The lowest BCUT2D eigenvalue weighted by Crippen LogP contribution is -2.32. The summed E-state index contributed by atoms with van der Waals surface area (Å²) in [5, 5.41) is 5.87. The number of ether oxygens (including phenoxy) is 1. The Bertz CT molecular complexity index is 744. The van der Waals surface area contributed by atoms with Crippen molar-refractivity contribution in [1.82, 2.24) is 10.6 Å². The summed E-state index contributed by atoms with van der Waals surface area (Å²) in [5.41, 5.74) is 2.44. The van der Waals surface area contributed by atoms with Crippen LogP contribution in [0.5, 0.6) is 0 Å². The Kier molecular flexibility index (Phi) is 6.02. The average molecular weight is 352 g/mol. The van der Waals surface area contributed by atoms with E-state index in [0.29, 0.717) is 30.8 Å². The van der Waals surface area contributed by atoms with Crippen LogP contribution in [-0.2, 0) is 4.74 Å². The van der Waals surface area contributed by atoms with Crippen molar-refractivity contribution in [2.24, 2.45) is 5.92 Å². The summed E-state index contributed by atoms with van der Waals surface area (Å²) < 4.78 is 5.74. The highest BCUT2D eigenvalue weighted by atomic mass is 16.5. The maximum absolute atomic E-state index is 12.1. The lowest BCUT2D eigenvalue weighted by atomic mass is 10.1. The maximum Gasteiger partial charge on any atom is 0.251 e. The van der Waals surface area contributed by atoms with E-state index < -0.39 is 0 Å². The highest BCUT2D eigenvalue weighted by molar-refractivity contribution is 5.94. The molecule has 1 aliphatic heterocycles. The van der Waals surface area contributed by atoms with Crippen molar-refractivity contribution in [2.75, 3.05) is 19.7 Å². The molecule has 0 saturated carbocycles. The number of benzene rings is 2. The van der Waals surface area contributed by atoms with Crippen LogP contribution in [0.25, 0.3) is 0 Å². The number of amides is 2. The molecule has 5 nitrogen and oxygen atoms in total. The molecule has 2 aromatic rings. The molecule has 2 aromatic carbocycles. The zero-order valence-corrected chi connectivity index (χ0v) is 14.9. The predicted molar refractivity (Wildman–Crippen MR) is 100 cm³/mol. The van der Waals surface area contributed by atoms with Crippen LogP contribution in [0.1, 0.15) is 32.7 Å². The van der Waals surface area contributed by atoms with Crippen molar-refractivity contribution in [3.05, 3.63) is 71.3 Å². The van der Waals surface area contributed by atoms with Crippen LogP contribution in [0, 0.1) is 12.8 Å². The maximum atomic E-state index is 12.1. The van der Waals surface area contributed by atoms with Gasteiger partial charge in [0.2, 0.25) is 0 Å². The summed E-state index contributed by atoms with van der Waals surface area (Å²) in [7, 11) is 0. The Morgan fingerprint density at radius 1 is 0.923 bits per heavy atom. The van der Waals surface area contributed by atoms with E-state index in [1.807, 2.05) is 49.4 Å². The molecule has 0 unspecified atom stereocenters. The second-order valence-corrected chi connectivity index (χ2v) is 6.71. The Morgan fingerprint density at radius 2 is 1.54 bits per heavy atom. The third-order valence-electron chi connectivity index (χ3n) is 4.56. The molecule has 1 heterocycles. The Morgan fingerprint density at radius 3 is 2.23 bits per heavy atom. The number of rotatable bonds is 6. The average Bonchev–Trinajstić information content (AvgIpc) is 3.13. The number of carbonyl (C=O) groups is 2. The number of nitrogens with one attached hydrogen (secondary N) is 2. The van der Waals surface area contributed by atoms with E-state index in [0.717, 1.165) is 12.0 Å². The van der Waals surface area contributed by atoms with Gasteiger partial charge < -0.3 is 15.4 Å². The lowest BCUT2D eigenvalue weighted by Gasteiger charge is -2.12. The molecular weight excluding hydrogens is 328 g/mol. The van der Waals surface area contributed by atoms with Gasteiger partial charge in [0, 0.05) is 30.1 Å². The van der Waals surface area contributed by atoms with Gasteiger partial charge in [-0.2, -0.15) is 0 Å². The first-order valence-electron chi connectivity index (χ1n) is 8.91. The van der Waals surface area contributed by atoms with E-state index in [2.05, 4.69) is 10.6 Å². The number of hydrogen-bond acceptors (Lipinski definition) is 3. The van der Waals surface area contributed by atoms with E-state index >= 15 is 0 Å². The molecule has 2 amide bonds. The molecular formula is C21H24N2O3. The minimum absolute atomic E-state index is 0.0111. The van der Waals surface area contributed by atoms with Gasteiger partial charge in [-0.3, -0.25) is 9.59 Å². The fraction of sp³-hybridized carbons (Fsp3) is 0.333. The lowest BCUT2D eigenvalue weighted by molar-refractivity contribution is 0.0843. The highest BCUT2D eigenvalue weighted by Gasteiger charge is 2.26. The second kappa shape index (κ2) is 8.63. The molecule has 136 valence electrons. The summed E-state index contributed by atoms with van der Waals surface area (Å²) in [4.78, 5) is 24.2. The Balaban J connectivity index is 1.39. The van der Waals surface area contributed by atoms with Crippen LogP contribution < -0.4 is 10.6 Å². The molecule has 26 heavy (non-hydrogen) atoms. The highest BCUT2D eigenvalue weighted by Crippen LogP contribution is 2.18. The van der Waals surface area contributed by atoms with E-state index in [4.69, 9.17) is 4.74 Å². The van der Waals surface area contributed by atoms with Crippen molar-refractivity contribution >= 4 is 11.8 Å². The minimum atomic E-state index is -0.0885. The van der Waals surface area contributed by atoms with E-state index in [1.54, 1.807) is 12.1 Å². The third kappa shape index (κ3) is 4.92. The standard InChI is InChI=1S/C21H24N2O3/c1-15-7-9-18(10-8-15)21(25)23-13-19-11-16(14-26-19)12-22-20(24)17-5-3-2-4-6-17/h2-10,16,19H,11-14H2,1H3,(H,22,24)(H,23,25)/t16-,19+/m1/s1. The fourth-order valence-electron chi connectivity index (χ4n) is 3.01. The van der Waals surface area contributed by atoms with Crippen LogP contribution >= 0.6 is 0 Å². The van der Waals surface area contributed by atoms with Gasteiger partial charge in [0.25, 0.3) is 11.8 Å². The minimum Gasteiger partial charge on any atom is -0.376 e. The van der Waals surface area contributed by atoms with Crippen molar-refractivity contribution in [3.8, 4) is 0 Å². The molecule has 2 atom stereocenters. The van der Waals surface area contributed by atoms with Crippen LogP contribution in [0.4, 0.5) is 0 Å². The van der Waals surface area contributed by atoms with Crippen LogP contribution in [0.2, 0.25) is 0 Å². The van der Waals surface area contributed by atoms with Gasteiger partial charge in [-0.05, 0) is 37.6 Å². The van der Waals surface area contributed by atoms with E-state index in [1.165, 1.54) is 0 Å². The second-order valence-electron chi connectivity index (χ2n) is 6.71. The van der Waals surface area contributed by atoms with Gasteiger partial charge >= 0.3 is 0 Å². The third-order valence-corrected chi connectivity index (χ3v) is 4.56. The molecule has 0 radical (unpaired) electrons. The SMILES string of the molecule is Cc1ccc(C(=O)NC[C@@H]2C[C@H](CNC(=O)c3ccccc3)CO2)cc1. The molecule has 2 N–H and O–H groups in total. The molecule has 0 aromatic heterocycles. The number of hydrogen-bond donors (Lipinski definition) is 2. The molecule has 3 rings (SSSR count). The van der Waals surface area contributed by atoms with Crippen molar-refractivity contribution in [2.45, 2.75) is 19.4 Å². The van der Waals surface area contributed by atoms with E-state index in [9.17, 15) is 9.59 Å². The van der Waals surface area contributed by atoms with Gasteiger partial charge in [-0.15, -0.1) is 0 Å². The van der Waals surface area contributed by atoms with Gasteiger partial charge in [0.05, 0.1) is 12.7 Å². The van der Waals surface area contributed by atoms with Crippen LogP contribution in [-0.4, -0.2) is 37.6 Å². The van der Waals surface area contributed by atoms with Gasteiger partial charge in [-0.25, -0.2) is 0 Å². The van der Waals surface area contributed by atoms with Crippen molar-refractivity contribution < 1.29 is 14.3 Å². The van der Waals surface area contributed by atoms with Gasteiger partial charge in [0.1, 0.15) is 0 Å². The topological polar surface area (TPSA) is 67.4 Å². The van der Waals surface area contributed by atoms with Crippen LogP contribution in [0.3, 0.4) is 0 Å². The first kappa shape index (κ1) is 18.1. The van der Waals surface area contributed by atoms with Gasteiger partial charge in [-0.1, -0.05) is 35.9 Å². The summed E-state index contributed by atoms with van der Waals surface area (Å²) in [5.74, 6) is 0.111. The van der Waals surface area contributed by atoms with Crippen LogP contribution in [0.15, 0.2) is 54.6 Å². The van der Waals surface area contributed by atoms with E-state index in [-0.39, 0.29) is 23.8 Å². The monoisotopic (exact) mass is 352 g/mol. The fourth-order valence-corrected chi connectivity index (χ4v) is 3.01. The number of aryl methyl sites for hydroxylation is 1. The molecule has 1 saturated heterocycles. The zero-order valence-electron chi connectivity index (χ0n) is 14.9. The molecule has 5 heteroatoms. The quantitative estimate of drug-likeness (QED) is 0.840. The predicted octanol–water partition coefficient (Wildman–Crippen LogP) is 2.56. The zero-order chi connectivity index (χ0) is 18.4. The first-order valence-corrected chi connectivity index (χ1v) is 8.91. The molecule has 1 fully saturated rings. The molecule has 0 aliphatic carbocycles.